The third-order valence-electron chi connectivity index (χ3n) is 12.8. The van der Waals surface area contributed by atoms with Gasteiger partial charge in [-0.25, -0.2) is 0 Å². The monoisotopic (exact) mass is 662 g/mol. The summed E-state index contributed by atoms with van der Waals surface area (Å²) < 4.78 is 29.5. The average Bonchev–Trinajstić information content (AvgIpc) is 3.26. The summed E-state index contributed by atoms with van der Waals surface area (Å²) in [5.41, 5.74) is -0.626. The molecule has 13 atom stereocenters. The Morgan fingerprint density at radius 1 is 0.809 bits per heavy atom. The third-order valence-corrected chi connectivity index (χ3v) is 12.8. The lowest BCUT2D eigenvalue weighted by atomic mass is 9.48. The van der Waals surface area contributed by atoms with Gasteiger partial charge in [0.25, 0.3) is 0 Å². The van der Waals surface area contributed by atoms with Crippen LogP contribution in [0, 0.1) is 58.2 Å². The van der Waals surface area contributed by atoms with Crippen molar-refractivity contribution in [3.8, 4) is 0 Å². The molecular weight excluding hydrogens is 604 g/mol. The van der Waals surface area contributed by atoms with Crippen LogP contribution in [0.15, 0.2) is 0 Å². The van der Waals surface area contributed by atoms with E-state index in [0.717, 1.165) is 32.1 Å². The first-order chi connectivity index (χ1) is 21.9. The van der Waals surface area contributed by atoms with Crippen molar-refractivity contribution >= 4 is 29.8 Å². The van der Waals surface area contributed by atoms with Gasteiger partial charge in [-0.3, -0.25) is 24.0 Å². The summed E-state index contributed by atoms with van der Waals surface area (Å²) in [5, 5.41) is 0. The highest BCUT2D eigenvalue weighted by Crippen LogP contribution is 2.66. The van der Waals surface area contributed by atoms with Gasteiger partial charge in [0.15, 0.2) is 0 Å². The normalized spacial score (nSPS) is 37.4. The SMILES string of the molecule is CC[C@@H](C(C)C)[C@H](OC(C)=O)[C@@H](OC(C)=O)[C@@H](C)[C@H]1CC[C@H]2[C@@H]3COC(=O)[C@H]4C[C@H](OC(C)=O)[C@H](OC(C)=O)C[C@]4(C)[C@H]3CC[C@]12C. The Kier molecular flexibility index (Phi) is 11.4. The Balaban J connectivity index is 1.66. The van der Waals surface area contributed by atoms with E-state index >= 15 is 0 Å². The lowest BCUT2D eigenvalue weighted by Gasteiger charge is -2.56. The maximum atomic E-state index is 13.6. The molecule has 1 aliphatic heterocycles. The van der Waals surface area contributed by atoms with Crippen molar-refractivity contribution in [3.63, 3.8) is 0 Å². The zero-order valence-corrected chi connectivity index (χ0v) is 30.2. The molecule has 1 saturated heterocycles. The van der Waals surface area contributed by atoms with E-state index in [2.05, 4.69) is 41.5 Å². The van der Waals surface area contributed by atoms with Crippen molar-refractivity contribution < 1.29 is 47.7 Å². The number of cyclic esters (lactones) is 1. The summed E-state index contributed by atoms with van der Waals surface area (Å²) in [7, 11) is 0. The van der Waals surface area contributed by atoms with Gasteiger partial charge in [-0.2, -0.15) is 0 Å². The van der Waals surface area contributed by atoms with Crippen LogP contribution in [0.4, 0.5) is 0 Å². The first kappa shape index (κ1) is 37.2. The molecule has 0 N–H and O–H groups in total. The van der Waals surface area contributed by atoms with Crippen molar-refractivity contribution in [2.45, 2.75) is 139 Å². The van der Waals surface area contributed by atoms with Crippen molar-refractivity contribution in [1.82, 2.24) is 0 Å². The smallest absolute Gasteiger partial charge is 0.309 e. The second kappa shape index (κ2) is 14.5. The molecule has 10 heteroatoms. The van der Waals surface area contributed by atoms with E-state index in [0.29, 0.717) is 13.0 Å². The minimum absolute atomic E-state index is 0.0249. The van der Waals surface area contributed by atoms with Crippen LogP contribution < -0.4 is 0 Å². The predicted octanol–water partition coefficient (Wildman–Crippen LogP) is 6.06. The van der Waals surface area contributed by atoms with E-state index < -0.39 is 47.7 Å². The molecule has 4 fully saturated rings. The summed E-state index contributed by atoms with van der Waals surface area (Å²) in [5.74, 6) is -1.58. The number of hydrogen-bond donors (Lipinski definition) is 0. The van der Waals surface area contributed by atoms with Gasteiger partial charge in [0.1, 0.15) is 24.4 Å². The highest BCUT2D eigenvalue weighted by Gasteiger charge is 2.64. The quantitative estimate of drug-likeness (QED) is 0.201. The summed E-state index contributed by atoms with van der Waals surface area (Å²) in [4.78, 5) is 62.7. The molecule has 0 bridgehead atoms. The van der Waals surface area contributed by atoms with Crippen molar-refractivity contribution in [2.75, 3.05) is 6.61 Å². The summed E-state index contributed by atoms with van der Waals surface area (Å²) in [6.07, 6.45) is 2.63. The van der Waals surface area contributed by atoms with Gasteiger partial charge in [0.05, 0.1) is 12.5 Å². The molecule has 0 aromatic heterocycles. The molecule has 0 radical (unpaired) electrons. The molecular formula is C37H58O10. The topological polar surface area (TPSA) is 132 Å². The summed E-state index contributed by atoms with van der Waals surface area (Å²) >= 11 is 0. The molecule has 10 nitrogen and oxygen atoms in total. The Morgan fingerprint density at radius 3 is 1.94 bits per heavy atom. The van der Waals surface area contributed by atoms with Crippen molar-refractivity contribution in [1.29, 1.82) is 0 Å². The van der Waals surface area contributed by atoms with Gasteiger partial charge >= 0.3 is 29.8 Å². The maximum absolute atomic E-state index is 13.6. The summed E-state index contributed by atoms with van der Waals surface area (Å²) in [6.45, 7) is 18.8. The van der Waals surface area contributed by atoms with Gasteiger partial charge in [-0.15, -0.1) is 0 Å². The van der Waals surface area contributed by atoms with Crippen LogP contribution >= 0.6 is 0 Å². The lowest BCUT2D eigenvalue weighted by molar-refractivity contribution is -0.189. The van der Waals surface area contributed by atoms with Crippen LogP contribution in [-0.2, 0) is 47.7 Å². The van der Waals surface area contributed by atoms with E-state index in [-0.39, 0.29) is 71.2 Å². The van der Waals surface area contributed by atoms with Gasteiger partial charge in [-0.1, -0.05) is 41.5 Å². The van der Waals surface area contributed by atoms with E-state index in [1.165, 1.54) is 27.7 Å². The molecule has 3 saturated carbocycles. The zero-order chi connectivity index (χ0) is 35.0. The van der Waals surface area contributed by atoms with E-state index in [1.807, 2.05) is 0 Å². The Hall–Kier alpha value is -2.65. The highest BCUT2D eigenvalue weighted by molar-refractivity contribution is 5.75. The molecule has 4 aliphatic rings. The number of carbonyl (C=O) groups excluding carboxylic acids is 5. The number of ether oxygens (including phenoxy) is 5. The number of fused-ring (bicyclic) bond motifs is 5. The number of esters is 5. The van der Waals surface area contributed by atoms with Crippen LogP contribution in [0.2, 0.25) is 0 Å². The highest BCUT2D eigenvalue weighted by atomic mass is 16.6. The fourth-order valence-electron chi connectivity index (χ4n) is 10.9. The van der Waals surface area contributed by atoms with E-state index in [4.69, 9.17) is 23.7 Å². The first-order valence-corrected chi connectivity index (χ1v) is 17.8. The number of rotatable bonds is 10. The minimum Gasteiger partial charge on any atom is -0.465 e. The molecule has 0 unspecified atom stereocenters. The molecule has 3 aliphatic carbocycles. The van der Waals surface area contributed by atoms with Crippen molar-refractivity contribution in [3.05, 3.63) is 0 Å². The Morgan fingerprint density at radius 2 is 1.38 bits per heavy atom. The fraction of sp³-hybridized carbons (Fsp3) is 0.865. The van der Waals surface area contributed by atoms with Gasteiger partial charge in [-0.05, 0) is 78.9 Å². The maximum Gasteiger partial charge on any atom is 0.309 e. The molecule has 0 amide bonds. The molecule has 266 valence electrons. The van der Waals surface area contributed by atoms with Crippen LogP contribution in [-0.4, -0.2) is 60.9 Å². The van der Waals surface area contributed by atoms with Gasteiger partial charge in [0.2, 0.25) is 0 Å². The molecule has 1 heterocycles. The van der Waals surface area contributed by atoms with Gasteiger partial charge in [0, 0.05) is 46.0 Å². The Labute approximate surface area is 280 Å². The van der Waals surface area contributed by atoms with Crippen LogP contribution in [0.1, 0.15) is 114 Å². The predicted molar refractivity (Wildman–Crippen MR) is 172 cm³/mol. The first-order valence-electron chi connectivity index (χ1n) is 17.8. The fourth-order valence-corrected chi connectivity index (χ4v) is 10.9. The second-order valence-corrected chi connectivity index (χ2v) is 15.9. The molecule has 4 rings (SSSR count). The Bertz CT molecular complexity index is 1200. The van der Waals surface area contributed by atoms with Gasteiger partial charge < -0.3 is 23.7 Å². The standard InChI is InChI=1S/C37H58O10/c1-11-25(19(2)3)34(47-24(8)41)33(46-23(7)40)20(4)27-12-13-28-26-18-43-35(42)30-16-31(44-21(5)38)32(45-22(6)39)17-37(30,10)29(26)14-15-36(27,28)9/h19-20,25-34H,11-18H2,1-10H3/t20-,25-,26-,27+,28-,29-,30+,31-,32+,33-,34-,36+,37+/m0/s1. The van der Waals surface area contributed by atoms with Crippen LogP contribution in [0.25, 0.3) is 0 Å². The molecule has 0 aromatic rings. The molecule has 0 aromatic carbocycles. The third kappa shape index (κ3) is 7.36. The molecule has 0 spiro atoms. The molecule has 47 heavy (non-hydrogen) atoms. The largest absolute Gasteiger partial charge is 0.465 e. The van der Waals surface area contributed by atoms with E-state index in [1.54, 1.807) is 0 Å². The average molecular weight is 663 g/mol. The van der Waals surface area contributed by atoms with Crippen LogP contribution in [0.5, 0.6) is 0 Å². The number of carbonyl (C=O) groups is 5. The van der Waals surface area contributed by atoms with Crippen molar-refractivity contribution in [2.24, 2.45) is 58.2 Å². The second-order valence-electron chi connectivity index (χ2n) is 15.9. The lowest BCUT2D eigenvalue weighted by Crippen LogP contribution is -2.56. The summed E-state index contributed by atoms with van der Waals surface area (Å²) in [6, 6.07) is 0. The van der Waals surface area contributed by atoms with Crippen LogP contribution in [0.3, 0.4) is 0 Å². The zero-order valence-electron chi connectivity index (χ0n) is 30.2. The minimum atomic E-state index is -0.703. The number of hydrogen-bond acceptors (Lipinski definition) is 10. The van der Waals surface area contributed by atoms with E-state index in [9.17, 15) is 24.0 Å².